The van der Waals surface area contributed by atoms with E-state index in [-0.39, 0.29) is 18.1 Å². The summed E-state index contributed by atoms with van der Waals surface area (Å²) in [6.45, 7) is 2.42. The molecule has 3 rings (SSSR count). The number of likely N-dealkylation sites (N-methyl/N-ethyl adjacent to an activating group) is 1. The number of pyridine rings is 1. The van der Waals surface area contributed by atoms with Crippen LogP contribution in [0.2, 0.25) is 0 Å². The summed E-state index contributed by atoms with van der Waals surface area (Å²) in [7, 11) is 4.15. The predicted molar refractivity (Wildman–Crippen MR) is 84.5 cm³/mol. The molecule has 0 N–H and O–H groups in total. The number of rotatable bonds is 3. The van der Waals surface area contributed by atoms with Gasteiger partial charge < -0.3 is 14.5 Å². The molecule has 120 valence electrons. The van der Waals surface area contributed by atoms with E-state index in [1.165, 1.54) is 0 Å². The van der Waals surface area contributed by atoms with Gasteiger partial charge in [-0.25, -0.2) is 0 Å². The second-order valence-corrected chi connectivity index (χ2v) is 6.57. The van der Waals surface area contributed by atoms with Gasteiger partial charge in [-0.2, -0.15) is 0 Å². The maximum Gasteiger partial charge on any atom is 0.228 e. The molecular weight excluding hydrogens is 278 g/mol. The van der Waals surface area contributed by atoms with Gasteiger partial charge >= 0.3 is 0 Å². The number of likely N-dealkylation sites (tertiary alicyclic amines) is 1. The molecule has 22 heavy (non-hydrogen) atoms. The Labute approximate surface area is 132 Å². The normalized spacial score (nSPS) is 28.5. The lowest BCUT2D eigenvalue weighted by molar-refractivity contribution is -0.145. The highest BCUT2D eigenvalue weighted by Crippen LogP contribution is 2.30. The minimum Gasteiger partial charge on any atom is -0.376 e. The summed E-state index contributed by atoms with van der Waals surface area (Å²) in [4.78, 5) is 21.1. The first kappa shape index (κ1) is 15.4. The molecule has 0 aromatic carbocycles. The Morgan fingerprint density at radius 2 is 2.27 bits per heavy atom. The van der Waals surface area contributed by atoms with Crippen molar-refractivity contribution in [1.29, 1.82) is 0 Å². The standard InChI is InChI=1S/C17H25N3O2/c1-19(2)15-12-20(11-13-6-5-9-22-17(13)15)16(21)10-14-7-3-4-8-18-14/h3-4,7-8,13,15,17H,5-6,9-12H2,1-2H3/t13-,15+,17-/m1/s1. The molecule has 0 unspecified atom stereocenters. The fourth-order valence-corrected chi connectivity index (χ4v) is 3.60. The first-order chi connectivity index (χ1) is 10.6. The predicted octanol–water partition coefficient (Wildman–Crippen LogP) is 1.19. The summed E-state index contributed by atoms with van der Waals surface area (Å²) in [6, 6.07) is 6.00. The van der Waals surface area contributed by atoms with Crippen LogP contribution in [-0.4, -0.2) is 66.6 Å². The highest BCUT2D eigenvalue weighted by molar-refractivity contribution is 5.78. The van der Waals surface area contributed by atoms with Gasteiger partial charge in [0.15, 0.2) is 0 Å². The highest BCUT2D eigenvalue weighted by atomic mass is 16.5. The molecule has 2 fully saturated rings. The van der Waals surface area contributed by atoms with Crippen LogP contribution in [0.1, 0.15) is 18.5 Å². The lowest BCUT2D eigenvalue weighted by atomic mass is 9.85. The minimum absolute atomic E-state index is 0.176. The van der Waals surface area contributed by atoms with E-state index in [0.717, 1.165) is 38.2 Å². The smallest absolute Gasteiger partial charge is 0.228 e. The molecule has 0 saturated carbocycles. The van der Waals surface area contributed by atoms with Crippen LogP contribution in [-0.2, 0) is 16.0 Å². The van der Waals surface area contributed by atoms with Crippen molar-refractivity contribution in [2.45, 2.75) is 31.4 Å². The van der Waals surface area contributed by atoms with E-state index in [1.807, 2.05) is 23.1 Å². The molecule has 5 heteroatoms. The molecule has 1 aromatic heterocycles. The second-order valence-electron chi connectivity index (χ2n) is 6.57. The molecule has 1 aromatic rings. The Morgan fingerprint density at radius 3 is 3.00 bits per heavy atom. The molecule has 3 heterocycles. The number of aromatic nitrogens is 1. The topological polar surface area (TPSA) is 45.7 Å². The number of nitrogens with zero attached hydrogens (tertiary/aromatic N) is 3. The number of fused-ring (bicyclic) bond motifs is 1. The van der Waals surface area contributed by atoms with Crippen molar-refractivity contribution in [3.8, 4) is 0 Å². The summed E-state index contributed by atoms with van der Waals surface area (Å²) in [5.41, 5.74) is 0.843. The Bertz CT molecular complexity index is 506. The first-order valence-corrected chi connectivity index (χ1v) is 8.11. The van der Waals surface area contributed by atoms with Crippen molar-refractivity contribution >= 4 is 5.91 Å². The van der Waals surface area contributed by atoms with E-state index >= 15 is 0 Å². The molecule has 1 amide bonds. The molecule has 0 spiro atoms. The summed E-state index contributed by atoms with van der Waals surface area (Å²) in [5, 5.41) is 0. The minimum atomic E-state index is 0.176. The SMILES string of the molecule is CN(C)[C@H]1CN(C(=O)Cc2ccccn2)C[C@H]2CCCO[C@H]21. The van der Waals surface area contributed by atoms with Crippen LogP contribution < -0.4 is 0 Å². The summed E-state index contributed by atoms with van der Waals surface area (Å²) in [5.74, 6) is 0.636. The van der Waals surface area contributed by atoms with Crippen molar-refractivity contribution in [3.05, 3.63) is 30.1 Å². The first-order valence-electron chi connectivity index (χ1n) is 8.11. The summed E-state index contributed by atoms with van der Waals surface area (Å²) in [6.07, 6.45) is 4.65. The Hall–Kier alpha value is -1.46. The number of ether oxygens (including phenoxy) is 1. The molecule has 0 radical (unpaired) electrons. The van der Waals surface area contributed by atoms with Crippen molar-refractivity contribution < 1.29 is 9.53 Å². The largest absolute Gasteiger partial charge is 0.376 e. The van der Waals surface area contributed by atoms with Gasteiger partial charge in [-0.05, 0) is 39.1 Å². The van der Waals surface area contributed by atoms with Crippen LogP contribution in [0.4, 0.5) is 0 Å². The average molecular weight is 303 g/mol. The van der Waals surface area contributed by atoms with E-state index < -0.39 is 0 Å². The number of carbonyl (C=O) groups is 1. The van der Waals surface area contributed by atoms with E-state index in [0.29, 0.717) is 12.3 Å². The van der Waals surface area contributed by atoms with Gasteiger partial charge in [0.25, 0.3) is 0 Å². The average Bonchev–Trinajstić information content (AvgIpc) is 2.54. The van der Waals surface area contributed by atoms with Crippen LogP contribution in [0.25, 0.3) is 0 Å². The third-order valence-electron chi connectivity index (χ3n) is 4.81. The maximum atomic E-state index is 12.6. The van der Waals surface area contributed by atoms with Crippen molar-refractivity contribution in [2.24, 2.45) is 5.92 Å². The third-order valence-corrected chi connectivity index (χ3v) is 4.81. The summed E-state index contributed by atoms with van der Waals surface area (Å²) >= 11 is 0. The third kappa shape index (κ3) is 3.31. The second kappa shape index (κ2) is 6.75. The van der Waals surface area contributed by atoms with Crippen LogP contribution in [0.15, 0.2) is 24.4 Å². The number of amides is 1. The Balaban J connectivity index is 1.69. The molecule has 2 saturated heterocycles. The summed E-state index contributed by atoms with van der Waals surface area (Å²) < 4.78 is 6.01. The molecule has 0 bridgehead atoms. The van der Waals surface area contributed by atoms with Gasteiger partial charge in [0.1, 0.15) is 0 Å². The van der Waals surface area contributed by atoms with Gasteiger partial charge in [-0.3, -0.25) is 9.78 Å². The molecule has 3 atom stereocenters. The van der Waals surface area contributed by atoms with Crippen LogP contribution in [0.3, 0.4) is 0 Å². The van der Waals surface area contributed by atoms with Gasteiger partial charge in [0.2, 0.25) is 5.91 Å². The zero-order valence-electron chi connectivity index (χ0n) is 13.4. The van der Waals surface area contributed by atoms with Crippen LogP contribution in [0, 0.1) is 5.92 Å². The van der Waals surface area contributed by atoms with Gasteiger partial charge in [-0.1, -0.05) is 6.07 Å². The van der Waals surface area contributed by atoms with Crippen molar-refractivity contribution in [1.82, 2.24) is 14.8 Å². The number of carbonyl (C=O) groups excluding carboxylic acids is 1. The van der Waals surface area contributed by atoms with E-state index in [9.17, 15) is 4.79 Å². The van der Waals surface area contributed by atoms with Gasteiger partial charge in [0.05, 0.1) is 18.6 Å². The zero-order chi connectivity index (χ0) is 15.5. The lowest BCUT2D eigenvalue weighted by Gasteiger charge is -2.48. The van der Waals surface area contributed by atoms with E-state index in [4.69, 9.17) is 4.74 Å². The Kier molecular flexibility index (Phi) is 4.74. The highest BCUT2D eigenvalue weighted by Gasteiger charge is 2.41. The molecule has 2 aliphatic rings. The van der Waals surface area contributed by atoms with Gasteiger partial charge in [0, 0.05) is 37.5 Å². The fraction of sp³-hybridized carbons (Fsp3) is 0.647. The number of piperidine rings is 1. The molecule has 0 aliphatic carbocycles. The zero-order valence-corrected chi connectivity index (χ0v) is 13.4. The molecular formula is C17H25N3O2. The lowest BCUT2D eigenvalue weighted by Crippen LogP contribution is -2.60. The monoisotopic (exact) mass is 303 g/mol. The van der Waals surface area contributed by atoms with Crippen LogP contribution >= 0.6 is 0 Å². The van der Waals surface area contributed by atoms with Crippen LogP contribution in [0.5, 0.6) is 0 Å². The number of hydrogen-bond acceptors (Lipinski definition) is 4. The number of hydrogen-bond donors (Lipinski definition) is 0. The van der Waals surface area contributed by atoms with E-state index in [2.05, 4.69) is 24.0 Å². The van der Waals surface area contributed by atoms with Crippen molar-refractivity contribution in [2.75, 3.05) is 33.8 Å². The maximum absolute atomic E-state index is 12.6. The van der Waals surface area contributed by atoms with E-state index in [1.54, 1.807) is 6.20 Å². The van der Waals surface area contributed by atoms with Crippen molar-refractivity contribution in [3.63, 3.8) is 0 Å². The Morgan fingerprint density at radius 1 is 1.41 bits per heavy atom. The van der Waals surface area contributed by atoms with Gasteiger partial charge in [-0.15, -0.1) is 0 Å². The molecule has 2 aliphatic heterocycles. The fourth-order valence-electron chi connectivity index (χ4n) is 3.60. The molecule has 5 nitrogen and oxygen atoms in total. The quantitative estimate of drug-likeness (QED) is 0.841.